The summed E-state index contributed by atoms with van der Waals surface area (Å²) < 4.78 is 5.41. The van der Waals surface area contributed by atoms with Crippen LogP contribution in [0.1, 0.15) is 31.9 Å². The summed E-state index contributed by atoms with van der Waals surface area (Å²) in [6.45, 7) is 6.17. The van der Waals surface area contributed by atoms with Crippen LogP contribution in [0, 0.1) is 0 Å². The summed E-state index contributed by atoms with van der Waals surface area (Å²) in [6.07, 6.45) is 0.998. The molecular formula is C13H22N4O2. The smallest absolute Gasteiger partial charge is 0.224 e. The molecule has 1 fully saturated rings. The Morgan fingerprint density at radius 2 is 2.32 bits per heavy atom. The molecule has 1 unspecified atom stereocenters. The fourth-order valence-corrected chi connectivity index (χ4v) is 2.06. The number of hydrogen-bond acceptors (Lipinski definition) is 6. The van der Waals surface area contributed by atoms with Gasteiger partial charge in [0.2, 0.25) is 5.95 Å². The minimum Gasteiger partial charge on any atom is -0.395 e. The number of nitrogens with one attached hydrogen (secondary N) is 2. The lowest BCUT2D eigenvalue weighted by Crippen LogP contribution is -2.16. The third kappa shape index (κ3) is 4.04. The SMILES string of the molecule is CC(C)Nc1cc(C2CCOC2)nc(NCCO)n1. The Balaban J connectivity index is 2.19. The molecule has 1 aromatic heterocycles. The highest BCUT2D eigenvalue weighted by Crippen LogP contribution is 2.26. The quantitative estimate of drug-likeness (QED) is 0.718. The maximum atomic E-state index is 8.87. The number of ether oxygens (including phenoxy) is 1. The minimum atomic E-state index is 0.0626. The van der Waals surface area contributed by atoms with E-state index in [9.17, 15) is 0 Å². The van der Waals surface area contributed by atoms with E-state index >= 15 is 0 Å². The Labute approximate surface area is 113 Å². The Morgan fingerprint density at radius 3 is 2.95 bits per heavy atom. The van der Waals surface area contributed by atoms with Crippen LogP contribution < -0.4 is 10.6 Å². The zero-order valence-electron chi connectivity index (χ0n) is 11.5. The molecule has 0 spiro atoms. The van der Waals surface area contributed by atoms with Gasteiger partial charge >= 0.3 is 0 Å². The van der Waals surface area contributed by atoms with Crippen LogP contribution in [0.15, 0.2) is 6.07 Å². The predicted molar refractivity (Wildman–Crippen MR) is 74.5 cm³/mol. The standard InChI is InChI=1S/C13H22N4O2/c1-9(2)15-12-7-11(10-3-6-19-8-10)16-13(17-12)14-4-5-18/h7,9-10,18H,3-6,8H2,1-2H3,(H2,14,15,16,17). The Hall–Kier alpha value is -1.40. The molecule has 6 nitrogen and oxygen atoms in total. The minimum absolute atomic E-state index is 0.0626. The lowest BCUT2D eigenvalue weighted by atomic mass is 10.0. The van der Waals surface area contributed by atoms with Gasteiger partial charge in [0.05, 0.1) is 18.9 Å². The van der Waals surface area contributed by atoms with E-state index in [1.54, 1.807) is 0 Å². The second-order valence-corrected chi connectivity index (χ2v) is 5.01. The van der Waals surface area contributed by atoms with Crippen molar-refractivity contribution >= 4 is 11.8 Å². The second-order valence-electron chi connectivity index (χ2n) is 5.01. The number of aromatic nitrogens is 2. The highest BCUT2D eigenvalue weighted by Gasteiger charge is 2.20. The van der Waals surface area contributed by atoms with Crippen molar-refractivity contribution in [3.8, 4) is 0 Å². The maximum Gasteiger partial charge on any atom is 0.224 e. The van der Waals surface area contributed by atoms with E-state index in [-0.39, 0.29) is 6.61 Å². The first kappa shape index (κ1) is 14.0. The van der Waals surface area contributed by atoms with E-state index in [0.717, 1.165) is 31.1 Å². The van der Waals surface area contributed by atoms with E-state index in [1.807, 2.05) is 6.07 Å². The van der Waals surface area contributed by atoms with Gasteiger partial charge in [-0.15, -0.1) is 0 Å². The van der Waals surface area contributed by atoms with Crippen LogP contribution in [0.25, 0.3) is 0 Å². The Kier molecular flexibility index (Phi) is 4.93. The van der Waals surface area contributed by atoms with Gasteiger partial charge in [-0.1, -0.05) is 0 Å². The monoisotopic (exact) mass is 266 g/mol. The third-order valence-corrected chi connectivity index (χ3v) is 2.93. The van der Waals surface area contributed by atoms with Crippen molar-refractivity contribution in [1.82, 2.24) is 9.97 Å². The maximum absolute atomic E-state index is 8.87. The lowest BCUT2D eigenvalue weighted by molar-refractivity contribution is 0.193. The van der Waals surface area contributed by atoms with Gasteiger partial charge < -0.3 is 20.5 Å². The van der Waals surface area contributed by atoms with Crippen LogP contribution in [-0.4, -0.2) is 47.5 Å². The summed E-state index contributed by atoms with van der Waals surface area (Å²) in [5, 5.41) is 15.2. The molecule has 106 valence electrons. The van der Waals surface area contributed by atoms with E-state index in [2.05, 4.69) is 34.4 Å². The number of nitrogens with zero attached hydrogens (tertiary/aromatic N) is 2. The summed E-state index contributed by atoms with van der Waals surface area (Å²) >= 11 is 0. The van der Waals surface area contributed by atoms with E-state index in [4.69, 9.17) is 9.84 Å². The predicted octanol–water partition coefficient (Wildman–Crippen LogP) is 1.20. The molecule has 0 radical (unpaired) electrons. The molecule has 1 aliphatic heterocycles. The van der Waals surface area contributed by atoms with Crippen molar-refractivity contribution in [2.75, 3.05) is 37.0 Å². The Bertz CT molecular complexity index is 406. The molecule has 1 atom stereocenters. The van der Waals surface area contributed by atoms with Crippen molar-refractivity contribution < 1.29 is 9.84 Å². The van der Waals surface area contributed by atoms with Crippen molar-refractivity contribution in [1.29, 1.82) is 0 Å². The molecular weight excluding hydrogens is 244 g/mol. The highest BCUT2D eigenvalue weighted by atomic mass is 16.5. The summed E-state index contributed by atoms with van der Waals surface area (Å²) in [5.41, 5.74) is 0.996. The van der Waals surface area contributed by atoms with Gasteiger partial charge in [0.1, 0.15) is 5.82 Å². The molecule has 2 heterocycles. The van der Waals surface area contributed by atoms with Crippen LogP contribution in [0.2, 0.25) is 0 Å². The fourth-order valence-electron chi connectivity index (χ4n) is 2.06. The largest absolute Gasteiger partial charge is 0.395 e. The molecule has 0 aromatic carbocycles. The van der Waals surface area contributed by atoms with Gasteiger partial charge in [-0.25, -0.2) is 4.98 Å². The number of rotatable bonds is 6. The van der Waals surface area contributed by atoms with Crippen LogP contribution >= 0.6 is 0 Å². The van der Waals surface area contributed by atoms with Gasteiger partial charge in [-0.05, 0) is 20.3 Å². The van der Waals surface area contributed by atoms with Crippen LogP contribution in [0.5, 0.6) is 0 Å². The normalized spacial score (nSPS) is 18.8. The molecule has 19 heavy (non-hydrogen) atoms. The summed E-state index contributed by atoms with van der Waals surface area (Å²) in [6, 6.07) is 2.30. The van der Waals surface area contributed by atoms with Crippen LogP contribution in [0.4, 0.5) is 11.8 Å². The van der Waals surface area contributed by atoms with Gasteiger partial charge in [-0.3, -0.25) is 0 Å². The molecule has 1 aromatic rings. The first-order valence-electron chi connectivity index (χ1n) is 6.77. The average Bonchev–Trinajstić information content (AvgIpc) is 2.89. The summed E-state index contributed by atoms with van der Waals surface area (Å²) in [5.74, 6) is 1.71. The molecule has 0 amide bonds. The molecule has 3 N–H and O–H groups in total. The number of aliphatic hydroxyl groups excluding tert-OH is 1. The summed E-state index contributed by atoms with van der Waals surface area (Å²) in [7, 11) is 0. The van der Waals surface area contributed by atoms with Gasteiger partial charge in [0, 0.05) is 31.2 Å². The van der Waals surface area contributed by atoms with Crippen molar-refractivity contribution in [2.45, 2.75) is 32.2 Å². The van der Waals surface area contributed by atoms with Crippen LogP contribution in [0.3, 0.4) is 0 Å². The number of aliphatic hydroxyl groups is 1. The van der Waals surface area contributed by atoms with Gasteiger partial charge in [0.25, 0.3) is 0 Å². The topological polar surface area (TPSA) is 79.3 Å². The van der Waals surface area contributed by atoms with E-state index < -0.39 is 0 Å². The molecule has 2 rings (SSSR count). The zero-order chi connectivity index (χ0) is 13.7. The molecule has 1 aliphatic rings. The van der Waals surface area contributed by atoms with E-state index in [1.165, 1.54) is 0 Å². The fraction of sp³-hybridized carbons (Fsp3) is 0.692. The van der Waals surface area contributed by atoms with Crippen molar-refractivity contribution in [3.05, 3.63) is 11.8 Å². The van der Waals surface area contributed by atoms with Gasteiger partial charge in [0.15, 0.2) is 0 Å². The third-order valence-electron chi connectivity index (χ3n) is 2.93. The second kappa shape index (κ2) is 6.68. The molecule has 6 heteroatoms. The van der Waals surface area contributed by atoms with Gasteiger partial charge in [-0.2, -0.15) is 4.98 Å². The van der Waals surface area contributed by atoms with E-state index in [0.29, 0.717) is 24.5 Å². The zero-order valence-corrected chi connectivity index (χ0v) is 11.5. The molecule has 0 aliphatic carbocycles. The van der Waals surface area contributed by atoms with Crippen LogP contribution in [-0.2, 0) is 4.74 Å². The first-order chi connectivity index (χ1) is 9.19. The Morgan fingerprint density at radius 1 is 1.47 bits per heavy atom. The summed E-state index contributed by atoms with van der Waals surface area (Å²) in [4.78, 5) is 8.90. The number of anilines is 2. The average molecular weight is 266 g/mol. The first-order valence-corrected chi connectivity index (χ1v) is 6.77. The molecule has 1 saturated heterocycles. The van der Waals surface area contributed by atoms with Crippen molar-refractivity contribution in [2.24, 2.45) is 0 Å². The molecule has 0 saturated carbocycles. The lowest BCUT2D eigenvalue weighted by Gasteiger charge is -2.15. The number of hydrogen-bond donors (Lipinski definition) is 3. The van der Waals surface area contributed by atoms with Crippen molar-refractivity contribution in [3.63, 3.8) is 0 Å². The highest BCUT2D eigenvalue weighted by molar-refractivity contribution is 5.44. The molecule has 0 bridgehead atoms.